The second-order valence-electron chi connectivity index (χ2n) is 7.04. The predicted octanol–water partition coefficient (Wildman–Crippen LogP) is 3.81. The Balaban J connectivity index is 3.70. The predicted molar refractivity (Wildman–Crippen MR) is 108 cm³/mol. The number of carbonyl (C=O) groups excluding carboxylic acids is 2. The van der Waals surface area contributed by atoms with Crippen LogP contribution >= 0.6 is 0 Å². The number of carbonyl (C=O) groups is 2. The van der Waals surface area contributed by atoms with Crippen molar-refractivity contribution in [3.05, 3.63) is 35.4 Å². The number of benzene rings is 1. The van der Waals surface area contributed by atoms with Crippen LogP contribution in [0, 0.1) is 0 Å². The normalized spacial score (nSPS) is 13.6. The average molecular weight is 411 g/mol. The molecule has 0 heterocycles. The molecule has 7 nitrogen and oxygen atoms in total. The van der Waals surface area contributed by atoms with E-state index >= 15 is 0 Å². The largest absolute Gasteiger partial charge is 0.386 e. The SMILES string of the molecule is CCCCCCC(CC)(c1ccccc1CC)C(O)(C(=O)OOC)C(=O)OOC. The van der Waals surface area contributed by atoms with Crippen LogP contribution < -0.4 is 0 Å². The lowest BCUT2D eigenvalue weighted by atomic mass is 9.61. The molecule has 164 valence electrons. The molecule has 0 aliphatic carbocycles. The van der Waals surface area contributed by atoms with Crippen LogP contribution in [0.3, 0.4) is 0 Å². The fraction of sp³-hybridized carbons (Fsp3) is 0.636. The van der Waals surface area contributed by atoms with Crippen molar-refractivity contribution in [3.63, 3.8) is 0 Å². The van der Waals surface area contributed by atoms with E-state index in [2.05, 4.69) is 26.5 Å². The number of aryl methyl sites for hydroxylation is 1. The molecule has 0 amide bonds. The van der Waals surface area contributed by atoms with E-state index in [1.807, 2.05) is 38.1 Å². The maximum absolute atomic E-state index is 12.9. The van der Waals surface area contributed by atoms with Crippen LogP contribution in [0.5, 0.6) is 0 Å². The van der Waals surface area contributed by atoms with Crippen molar-refractivity contribution in [3.8, 4) is 0 Å². The Kier molecular flexibility index (Phi) is 10.3. The molecule has 0 saturated carbocycles. The highest BCUT2D eigenvalue weighted by Crippen LogP contribution is 2.46. The number of rotatable bonds is 13. The molecule has 0 aliphatic rings. The average Bonchev–Trinajstić information content (AvgIpc) is 2.74. The quantitative estimate of drug-likeness (QED) is 0.229. The molecule has 1 rings (SSSR count). The maximum atomic E-state index is 12.9. The molecule has 1 atom stereocenters. The molecule has 1 aromatic rings. The second-order valence-corrected chi connectivity index (χ2v) is 7.04. The molecule has 0 fully saturated rings. The van der Waals surface area contributed by atoms with E-state index < -0.39 is 23.0 Å². The number of unbranched alkanes of at least 4 members (excludes halogenated alkanes) is 3. The van der Waals surface area contributed by atoms with Crippen molar-refractivity contribution in [2.75, 3.05) is 14.2 Å². The Bertz CT molecular complexity index is 640. The van der Waals surface area contributed by atoms with Gasteiger partial charge in [0.15, 0.2) is 0 Å². The van der Waals surface area contributed by atoms with Crippen LogP contribution in [-0.4, -0.2) is 36.9 Å². The summed E-state index contributed by atoms with van der Waals surface area (Å²) in [5.74, 6) is -2.46. The summed E-state index contributed by atoms with van der Waals surface area (Å²) < 4.78 is 0. The fourth-order valence-electron chi connectivity index (χ4n) is 4.03. The first-order valence-electron chi connectivity index (χ1n) is 10.2. The van der Waals surface area contributed by atoms with Crippen molar-refractivity contribution < 1.29 is 34.2 Å². The molecular weight excluding hydrogens is 376 g/mol. The van der Waals surface area contributed by atoms with Gasteiger partial charge in [-0.15, -0.1) is 0 Å². The van der Waals surface area contributed by atoms with Crippen molar-refractivity contribution in [2.24, 2.45) is 0 Å². The van der Waals surface area contributed by atoms with E-state index in [-0.39, 0.29) is 0 Å². The monoisotopic (exact) mass is 410 g/mol. The van der Waals surface area contributed by atoms with Crippen LogP contribution in [-0.2, 0) is 41.0 Å². The third-order valence-electron chi connectivity index (χ3n) is 5.58. The lowest BCUT2D eigenvalue weighted by Gasteiger charge is -2.43. The van der Waals surface area contributed by atoms with Crippen LogP contribution in [0.4, 0.5) is 0 Å². The van der Waals surface area contributed by atoms with Gasteiger partial charge in [0, 0.05) is 5.41 Å². The number of hydrogen-bond acceptors (Lipinski definition) is 7. The summed E-state index contributed by atoms with van der Waals surface area (Å²) in [5.41, 5.74) is -2.28. The molecule has 1 unspecified atom stereocenters. The minimum atomic E-state index is -2.65. The third kappa shape index (κ3) is 5.15. The molecule has 0 bridgehead atoms. The van der Waals surface area contributed by atoms with Gasteiger partial charge in [0.05, 0.1) is 14.2 Å². The Morgan fingerprint density at radius 3 is 2.00 bits per heavy atom. The zero-order valence-electron chi connectivity index (χ0n) is 18.2. The van der Waals surface area contributed by atoms with Crippen molar-refractivity contribution >= 4 is 11.9 Å². The highest BCUT2D eigenvalue weighted by molar-refractivity contribution is 6.05. The molecule has 0 radical (unpaired) electrons. The fourth-order valence-corrected chi connectivity index (χ4v) is 4.03. The summed E-state index contributed by atoms with van der Waals surface area (Å²) in [4.78, 5) is 44.1. The van der Waals surface area contributed by atoms with Crippen molar-refractivity contribution in [2.45, 2.75) is 76.7 Å². The van der Waals surface area contributed by atoms with Gasteiger partial charge in [-0.1, -0.05) is 70.7 Å². The van der Waals surface area contributed by atoms with Gasteiger partial charge < -0.3 is 5.11 Å². The van der Waals surface area contributed by atoms with Gasteiger partial charge in [-0.25, -0.2) is 9.59 Å². The topological polar surface area (TPSA) is 91.3 Å². The summed E-state index contributed by atoms with van der Waals surface area (Å²) >= 11 is 0. The summed E-state index contributed by atoms with van der Waals surface area (Å²) in [6.45, 7) is 5.91. The Morgan fingerprint density at radius 2 is 1.52 bits per heavy atom. The van der Waals surface area contributed by atoms with Gasteiger partial charge in [-0.05, 0) is 30.4 Å². The molecule has 1 N–H and O–H groups in total. The molecule has 0 aromatic heterocycles. The first-order valence-corrected chi connectivity index (χ1v) is 10.2. The summed E-state index contributed by atoms with van der Waals surface area (Å²) in [5, 5.41) is 11.6. The van der Waals surface area contributed by atoms with Crippen molar-refractivity contribution in [1.29, 1.82) is 0 Å². The molecule has 0 saturated heterocycles. The first-order chi connectivity index (χ1) is 13.9. The van der Waals surface area contributed by atoms with E-state index in [4.69, 9.17) is 0 Å². The minimum absolute atomic E-state index is 0.296. The highest BCUT2D eigenvalue weighted by atomic mass is 17.2. The second kappa shape index (κ2) is 11.9. The Morgan fingerprint density at radius 1 is 0.931 bits per heavy atom. The van der Waals surface area contributed by atoms with E-state index in [1.165, 1.54) is 0 Å². The molecule has 0 aliphatic heterocycles. The van der Waals surface area contributed by atoms with Crippen LogP contribution in [0.2, 0.25) is 0 Å². The molecule has 1 aromatic carbocycles. The van der Waals surface area contributed by atoms with Gasteiger partial charge in [0.2, 0.25) is 0 Å². The van der Waals surface area contributed by atoms with Gasteiger partial charge in [0.25, 0.3) is 5.60 Å². The van der Waals surface area contributed by atoms with E-state index in [0.29, 0.717) is 31.2 Å². The summed E-state index contributed by atoms with van der Waals surface area (Å²) in [7, 11) is 2.27. The lowest BCUT2D eigenvalue weighted by Crippen LogP contribution is -2.63. The summed E-state index contributed by atoms with van der Waals surface area (Å²) in [6, 6.07) is 7.48. The van der Waals surface area contributed by atoms with Crippen LogP contribution in [0.25, 0.3) is 0 Å². The van der Waals surface area contributed by atoms with Gasteiger partial charge in [-0.2, -0.15) is 9.78 Å². The minimum Gasteiger partial charge on any atom is -0.368 e. The molecular formula is C22H34O7. The van der Waals surface area contributed by atoms with E-state index in [9.17, 15) is 14.7 Å². The Labute approximate surface area is 173 Å². The smallest absolute Gasteiger partial charge is 0.368 e. The first kappa shape index (κ1) is 25.1. The van der Waals surface area contributed by atoms with Crippen LogP contribution in [0.15, 0.2) is 24.3 Å². The standard InChI is InChI=1S/C22H34O7/c1-6-9-10-13-16-21(8-3,18-15-12-11-14-17(18)7-2)22(25,19(23)28-26-4)20(24)29-27-5/h11-12,14-15,25H,6-10,13,16H2,1-5H3. The van der Waals surface area contributed by atoms with Crippen molar-refractivity contribution in [1.82, 2.24) is 0 Å². The van der Waals surface area contributed by atoms with E-state index in [1.54, 1.807) is 0 Å². The van der Waals surface area contributed by atoms with Gasteiger partial charge in [0.1, 0.15) is 0 Å². The van der Waals surface area contributed by atoms with Crippen LogP contribution in [0.1, 0.15) is 70.4 Å². The highest BCUT2D eigenvalue weighted by Gasteiger charge is 2.64. The van der Waals surface area contributed by atoms with Gasteiger partial charge in [-0.3, -0.25) is 9.78 Å². The molecule has 0 spiro atoms. The van der Waals surface area contributed by atoms with E-state index in [0.717, 1.165) is 39.0 Å². The molecule has 7 heteroatoms. The lowest BCUT2D eigenvalue weighted by molar-refractivity contribution is -0.294. The Hall–Kier alpha value is -1.96. The third-order valence-corrected chi connectivity index (χ3v) is 5.58. The zero-order chi connectivity index (χ0) is 21.9. The number of hydrogen-bond donors (Lipinski definition) is 1. The van der Waals surface area contributed by atoms with Gasteiger partial charge >= 0.3 is 11.9 Å². The summed E-state index contributed by atoms with van der Waals surface area (Å²) in [6.07, 6.45) is 5.01. The maximum Gasteiger partial charge on any atom is 0.386 e. The molecule has 29 heavy (non-hydrogen) atoms. The number of aliphatic hydroxyl groups is 1. The zero-order valence-corrected chi connectivity index (χ0v) is 18.2.